The topological polar surface area (TPSA) is 9.72 Å². The zero-order valence-corrected chi connectivity index (χ0v) is 35.0. The largest absolute Gasteiger partial charge is 0.311 e. The Bertz CT molecular complexity index is 3470. The van der Waals surface area contributed by atoms with Crippen LogP contribution in [0.3, 0.4) is 0 Å². The second-order valence-electron chi connectivity index (χ2n) is 17.5. The molecular formula is C59H39B2N3. The van der Waals surface area contributed by atoms with Gasteiger partial charge in [-0.25, -0.2) is 0 Å². The highest BCUT2D eigenvalue weighted by molar-refractivity contribution is 7.01. The Morgan fingerprint density at radius 3 is 1.45 bits per heavy atom. The van der Waals surface area contributed by atoms with E-state index in [1.807, 2.05) is 0 Å². The SMILES string of the molecule is c1ccc(C2c3ccccc3B3c4c2cccc4N(c2ccccc2)c2ccc4cc5c(cc4c23)N(c2ccccc2)c2cccc3c2B5c2ccccc2N3c2ccccc2)cc1. The van der Waals surface area contributed by atoms with Gasteiger partial charge < -0.3 is 14.7 Å². The van der Waals surface area contributed by atoms with Gasteiger partial charge in [-0.05, 0) is 128 Å². The van der Waals surface area contributed by atoms with Gasteiger partial charge in [0.15, 0.2) is 0 Å². The van der Waals surface area contributed by atoms with Crippen LogP contribution in [-0.4, -0.2) is 13.4 Å². The lowest BCUT2D eigenvalue weighted by Crippen LogP contribution is -2.62. The summed E-state index contributed by atoms with van der Waals surface area (Å²) in [6.07, 6.45) is 0. The number of para-hydroxylation sites is 4. The lowest BCUT2D eigenvalue weighted by molar-refractivity contribution is 0.984. The van der Waals surface area contributed by atoms with E-state index in [1.165, 1.54) is 94.4 Å². The number of rotatable bonds is 4. The number of hydrogen-bond donors (Lipinski definition) is 0. The number of fused-ring (bicyclic) bond motifs is 10. The molecule has 0 amide bonds. The number of anilines is 9. The molecule has 296 valence electrons. The average molecular weight is 812 g/mol. The first-order valence-electron chi connectivity index (χ1n) is 22.5. The maximum Gasteiger partial charge on any atom is 0.252 e. The molecule has 0 saturated carbocycles. The van der Waals surface area contributed by atoms with E-state index in [0.29, 0.717) is 0 Å². The Morgan fingerprint density at radius 1 is 0.297 bits per heavy atom. The van der Waals surface area contributed by atoms with Crippen LogP contribution in [0.5, 0.6) is 0 Å². The van der Waals surface area contributed by atoms with Gasteiger partial charge in [-0.3, -0.25) is 0 Å². The van der Waals surface area contributed by atoms with Gasteiger partial charge in [0, 0.05) is 57.1 Å². The monoisotopic (exact) mass is 811 g/mol. The van der Waals surface area contributed by atoms with Crippen molar-refractivity contribution >= 4 is 108 Å². The summed E-state index contributed by atoms with van der Waals surface area (Å²) in [4.78, 5) is 7.54. The molecule has 0 fully saturated rings. The molecule has 10 aromatic carbocycles. The van der Waals surface area contributed by atoms with Crippen molar-refractivity contribution in [1.82, 2.24) is 0 Å². The van der Waals surface area contributed by atoms with Crippen molar-refractivity contribution in [3.8, 4) is 0 Å². The minimum atomic E-state index is 0.0292. The molecule has 0 aliphatic carbocycles. The molecule has 4 aliphatic heterocycles. The lowest BCUT2D eigenvalue weighted by atomic mass is 9.30. The zero-order valence-electron chi connectivity index (χ0n) is 35.0. The molecule has 0 aromatic heterocycles. The third kappa shape index (κ3) is 4.95. The van der Waals surface area contributed by atoms with Crippen molar-refractivity contribution in [2.45, 2.75) is 5.92 Å². The molecule has 1 atom stereocenters. The van der Waals surface area contributed by atoms with E-state index in [-0.39, 0.29) is 19.3 Å². The Balaban J connectivity index is 1.08. The van der Waals surface area contributed by atoms with Gasteiger partial charge in [0.2, 0.25) is 6.71 Å². The summed E-state index contributed by atoms with van der Waals surface area (Å²) < 4.78 is 0. The van der Waals surface area contributed by atoms with Gasteiger partial charge in [0.25, 0.3) is 6.71 Å². The number of benzene rings is 10. The van der Waals surface area contributed by atoms with Crippen LogP contribution in [0, 0.1) is 0 Å². The Hall–Kier alpha value is -8.01. The van der Waals surface area contributed by atoms with E-state index < -0.39 is 0 Å². The van der Waals surface area contributed by atoms with Crippen LogP contribution in [-0.2, 0) is 0 Å². The number of nitrogens with zero attached hydrogens (tertiary/aromatic N) is 3. The summed E-state index contributed by atoms with van der Waals surface area (Å²) in [7, 11) is 0. The quantitative estimate of drug-likeness (QED) is 0.164. The maximum absolute atomic E-state index is 2.56. The molecule has 0 spiro atoms. The normalized spacial score (nSPS) is 14.9. The molecule has 5 heteroatoms. The minimum Gasteiger partial charge on any atom is -0.311 e. The highest BCUT2D eigenvalue weighted by Crippen LogP contribution is 2.47. The molecule has 0 saturated heterocycles. The predicted molar refractivity (Wildman–Crippen MR) is 271 cm³/mol. The molecule has 14 rings (SSSR count). The summed E-state index contributed by atoms with van der Waals surface area (Å²) in [6.45, 7) is 0.0644. The van der Waals surface area contributed by atoms with E-state index in [0.717, 1.165) is 17.1 Å². The van der Waals surface area contributed by atoms with Crippen molar-refractivity contribution in [3.05, 3.63) is 247 Å². The number of hydrogen-bond acceptors (Lipinski definition) is 3. The second kappa shape index (κ2) is 13.7. The zero-order chi connectivity index (χ0) is 41.9. The Kier molecular flexibility index (Phi) is 7.64. The van der Waals surface area contributed by atoms with Crippen molar-refractivity contribution in [2.24, 2.45) is 0 Å². The van der Waals surface area contributed by atoms with Crippen LogP contribution in [0.2, 0.25) is 0 Å². The fraction of sp³-hybridized carbons (Fsp3) is 0.0169. The van der Waals surface area contributed by atoms with E-state index >= 15 is 0 Å². The molecule has 1 unspecified atom stereocenters. The van der Waals surface area contributed by atoms with Crippen LogP contribution in [0.15, 0.2) is 231 Å². The standard InChI is InChI=1S/C59H39B2N3/c1-5-19-39(20-6-1)56-44-27-13-14-29-47(44)61-57-45(56)28-17-32-51(57)63(42-23-9-3-10-24-42)54-36-35-40-37-49-55(38-46(40)58(54)61)64(43-25-11-4-12-26-43)53-34-18-33-52-59(53)60(49)48-30-15-16-31-50(48)62(52)41-21-7-2-8-22-41/h1-38,56H. The van der Waals surface area contributed by atoms with E-state index in [9.17, 15) is 0 Å². The van der Waals surface area contributed by atoms with Crippen molar-refractivity contribution < 1.29 is 0 Å². The first kappa shape index (κ1) is 35.6. The molecule has 64 heavy (non-hydrogen) atoms. The molecule has 0 bridgehead atoms. The Morgan fingerprint density at radius 2 is 0.781 bits per heavy atom. The van der Waals surface area contributed by atoms with Crippen LogP contribution in [0.1, 0.15) is 22.6 Å². The van der Waals surface area contributed by atoms with Gasteiger partial charge in [-0.15, -0.1) is 0 Å². The minimum absolute atomic E-state index is 0.0292. The predicted octanol–water partition coefficient (Wildman–Crippen LogP) is 10.7. The van der Waals surface area contributed by atoms with Gasteiger partial charge in [-0.1, -0.05) is 163 Å². The van der Waals surface area contributed by atoms with Crippen LogP contribution in [0.25, 0.3) is 10.8 Å². The van der Waals surface area contributed by atoms with Crippen molar-refractivity contribution in [2.75, 3.05) is 14.7 Å². The summed E-state index contributed by atoms with van der Waals surface area (Å²) in [6, 6.07) is 86.0. The molecular weight excluding hydrogens is 772 g/mol. The van der Waals surface area contributed by atoms with E-state index in [2.05, 4.69) is 245 Å². The van der Waals surface area contributed by atoms with Gasteiger partial charge in [0.05, 0.1) is 0 Å². The third-order valence-corrected chi connectivity index (χ3v) is 14.3. The Labute approximate surface area is 374 Å². The summed E-state index contributed by atoms with van der Waals surface area (Å²) in [5, 5.41) is 2.54. The van der Waals surface area contributed by atoms with Gasteiger partial charge >= 0.3 is 0 Å². The highest BCUT2D eigenvalue weighted by atomic mass is 15.2. The average Bonchev–Trinajstić information content (AvgIpc) is 3.36. The fourth-order valence-corrected chi connectivity index (χ4v) is 11.9. The van der Waals surface area contributed by atoms with E-state index in [1.54, 1.807) is 0 Å². The molecule has 0 radical (unpaired) electrons. The summed E-state index contributed by atoms with van der Waals surface area (Å²) in [5.41, 5.74) is 23.0. The molecule has 4 aliphatic rings. The molecule has 0 N–H and O–H groups in total. The molecule has 3 nitrogen and oxygen atoms in total. The highest BCUT2D eigenvalue weighted by Gasteiger charge is 2.46. The van der Waals surface area contributed by atoms with Crippen LogP contribution < -0.4 is 47.5 Å². The third-order valence-electron chi connectivity index (χ3n) is 14.3. The summed E-state index contributed by atoms with van der Waals surface area (Å²) in [5.74, 6) is 0.117. The van der Waals surface area contributed by atoms with Crippen molar-refractivity contribution in [1.29, 1.82) is 0 Å². The second-order valence-corrected chi connectivity index (χ2v) is 17.5. The molecule has 10 aromatic rings. The van der Waals surface area contributed by atoms with Gasteiger partial charge in [-0.2, -0.15) is 0 Å². The van der Waals surface area contributed by atoms with Gasteiger partial charge in [0.1, 0.15) is 0 Å². The summed E-state index contributed by atoms with van der Waals surface area (Å²) >= 11 is 0. The first-order chi connectivity index (χ1) is 31.8. The maximum atomic E-state index is 2.56. The fourth-order valence-electron chi connectivity index (χ4n) is 11.9. The first-order valence-corrected chi connectivity index (χ1v) is 22.5. The molecule has 4 heterocycles. The lowest BCUT2D eigenvalue weighted by Gasteiger charge is -2.45. The smallest absolute Gasteiger partial charge is 0.252 e. The van der Waals surface area contributed by atoms with Crippen molar-refractivity contribution in [3.63, 3.8) is 0 Å². The van der Waals surface area contributed by atoms with Crippen LogP contribution >= 0.6 is 0 Å². The van der Waals surface area contributed by atoms with Crippen LogP contribution in [0.4, 0.5) is 51.2 Å². The van der Waals surface area contributed by atoms with E-state index in [4.69, 9.17) is 0 Å².